The van der Waals surface area contributed by atoms with E-state index in [1.165, 1.54) is 0 Å². The molecule has 0 bridgehead atoms. The molecule has 0 heterocycles. The zero-order valence-corrected chi connectivity index (χ0v) is 9.14. The quantitative estimate of drug-likeness (QED) is 0.775. The topological polar surface area (TPSA) is 49.3 Å². The monoisotopic (exact) mass is 225 g/mol. The van der Waals surface area contributed by atoms with Gasteiger partial charge in [-0.05, 0) is 24.6 Å². The molecule has 80 valence electrons. The highest BCUT2D eigenvalue weighted by atomic mass is 35.5. The summed E-state index contributed by atoms with van der Waals surface area (Å²) in [5.74, 6) is -0.999. The lowest BCUT2D eigenvalue weighted by atomic mass is 10.2. The van der Waals surface area contributed by atoms with E-state index in [9.17, 15) is 4.79 Å². The van der Waals surface area contributed by atoms with E-state index in [0.29, 0.717) is 5.02 Å². The number of aliphatic carboxylic acids is 1. The van der Waals surface area contributed by atoms with Crippen molar-refractivity contribution in [3.8, 4) is 0 Å². The maximum Gasteiger partial charge on any atom is 0.332 e. The molecule has 4 heteroatoms. The van der Waals surface area contributed by atoms with E-state index in [0.717, 1.165) is 11.3 Å². The first-order valence-corrected chi connectivity index (χ1v) is 4.79. The van der Waals surface area contributed by atoms with Gasteiger partial charge in [0.2, 0.25) is 0 Å². The fourth-order valence-corrected chi connectivity index (χ4v) is 1.17. The Hall–Kier alpha value is -1.48. The average molecular weight is 226 g/mol. The first-order chi connectivity index (χ1) is 7.00. The summed E-state index contributed by atoms with van der Waals surface area (Å²) < 4.78 is 0. The summed E-state index contributed by atoms with van der Waals surface area (Å²) in [6.45, 7) is 5.52. The van der Waals surface area contributed by atoms with Crippen molar-refractivity contribution in [1.82, 2.24) is 0 Å². The minimum absolute atomic E-state index is 0.117. The van der Waals surface area contributed by atoms with Crippen LogP contribution in [0, 0.1) is 6.92 Å². The number of carboxylic acid groups (broad SMARTS) is 1. The molecule has 1 aromatic carbocycles. The number of hydrogen-bond donors (Lipinski definition) is 2. The second kappa shape index (κ2) is 4.84. The van der Waals surface area contributed by atoms with Gasteiger partial charge in [-0.25, -0.2) is 4.79 Å². The Labute approximate surface area is 93.4 Å². The minimum Gasteiger partial charge on any atom is -0.478 e. The summed E-state index contributed by atoms with van der Waals surface area (Å²) in [7, 11) is 0. The van der Waals surface area contributed by atoms with Crippen molar-refractivity contribution in [3.63, 3.8) is 0 Å². The zero-order chi connectivity index (χ0) is 11.4. The minimum atomic E-state index is -0.999. The number of rotatable bonds is 4. The number of carboxylic acids is 1. The highest BCUT2D eigenvalue weighted by Gasteiger charge is 2.03. The highest BCUT2D eigenvalue weighted by Crippen LogP contribution is 2.19. The Bertz CT molecular complexity index is 402. The van der Waals surface area contributed by atoms with Crippen molar-refractivity contribution < 1.29 is 9.90 Å². The Morgan fingerprint density at radius 2 is 2.27 bits per heavy atom. The molecule has 15 heavy (non-hydrogen) atoms. The third-order valence-corrected chi connectivity index (χ3v) is 2.39. The summed E-state index contributed by atoms with van der Waals surface area (Å²) in [6.07, 6.45) is 0. The average Bonchev–Trinajstić information content (AvgIpc) is 2.19. The predicted molar refractivity (Wildman–Crippen MR) is 61.5 cm³/mol. The molecular formula is C11H12ClNO2. The van der Waals surface area contributed by atoms with Crippen molar-refractivity contribution in [2.45, 2.75) is 6.92 Å². The first-order valence-electron chi connectivity index (χ1n) is 4.42. The Kier molecular flexibility index (Phi) is 3.74. The van der Waals surface area contributed by atoms with Crippen LogP contribution in [0.4, 0.5) is 5.69 Å². The molecular weight excluding hydrogens is 214 g/mol. The third kappa shape index (κ3) is 3.29. The van der Waals surface area contributed by atoms with Crippen molar-refractivity contribution >= 4 is 23.3 Å². The predicted octanol–water partition coefficient (Wildman–Crippen LogP) is 2.70. The molecule has 0 atom stereocenters. The van der Waals surface area contributed by atoms with E-state index in [4.69, 9.17) is 16.7 Å². The fraction of sp³-hybridized carbons (Fsp3) is 0.182. The lowest BCUT2D eigenvalue weighted by Gasteiger charge is -2.07. The molecule has 0 saturated heterocycles. The van der Waals surface area contributed by atoms with Gasteiger partial charge in [-0.3, -0.25) is 0 Å². The SMILES string of the molecule is C=C(CNc1ccc(C)c(Cl)c1)C(=O)O. The van der Waals surface area contributed by atoms with Crippen molar-refractivity contribution in [1.29, 1.82) is 0 Å². The summed E-state index contributed by atoms with van der Waals surface area (Å²) in [4.78, 5) is 10.5. The maximum absolute atomic E-state index is 10.5. The molecule has 0 amide bonds. The van der Waals surface area contributed by atoms with E-state index in [1.807, 2.05) is 19.1 Å². The number of aryl methyl sites for hydroxylation is 1. The zero-order valence-electron chi connectivity index (χ0n) is 8.38. The van der Waals surface area contributed by atoms with Crippen LogP contribution < -0.4 is 5.32 Å². The Morgan fingerprint density at radius 3 is 2.80 bits per heavy atom. The smallest absolute Gasteiger partial charge is 0.332 e. The summed E-state index contributed by atoms with van der Waals surface area (Å²) in [5, 5.41) is 12.2. The van der Waals surface area contributed by atoms with Gasteiger partial charge in [0.05, 0.1) is 0 Å². The first kappa shape index (κ1) is 11.6. The molecule has 0 fully saturated rings. The van der Waals surface area contributed by atoms with Crippen LogP contribution in [0.5, 0.6) is 0 Å². The second-order valence-electron chi connectivity index (χ2n) is 3.23. The molecule has 0 radical (unpaired) electrons. The molecule has 0 aliphatic rings. The van der Waals surface area contributed by atoms with Gasteiger partial charge in [0, 0.05) is 22.8 Å². The second-order valence-corrected chi connectivity index (χ2v) is 3.63. The maximum atomic E-state index is 10.5. The fourth-order valence-electron chi connectivity index (χ4n) is 0.987. The van der Waals surface area contributed by atoms with Crippen LogP contribution in [-0.4, -0.2) is 17.6 Å². The number of halogens is 1. The van der Waals surface area contributed by atoms with E-state index in [1.54, 1.807) is 6.07 Å². The van der Waals surface area contributed by atoms with Crippen LogP contribution in [0.25, 0.3) is 0 Å². The van der Waals surface area contributed by atoms with Gasteiger partial charge < -0.3 is 10.4 Å². The van der Waals surface area contributed by atoms with Gasteiger partial charge in [0.15, 0.2) is 0 Å². The molecule has 0 aliphatic heterocycles. The van der Waals surface area contributed by atoms with E-state index in [-0.39, 0.29) is 12.1 Å². The normalized spacial score (nSPS) is 9.73. The van der Waals surface area contributed by atoms with E-state index in [2.05, 4.69) is 11.9 Å². The molecule has 2 N–H and O–H groups in total. The molecule has 3 nitrogen and oxygen atoms in total. The van der Waals surface area contributed by atoms with Gasteiger partial charge in [-0.15, -0.1) is 0 Å². The van der Waals surface area contributed by atoms with Crippen LogP contribution in [0.15, 0.2) is 30.4 Å². The van der Waals surface area contributed by atoms with Gasteiger partial charge >= 0.3 is 5.97 Å². The third-order valence-electron chi connectivity index (χ3n) is 1.98. The van der Waals surface area contributed by atoms with Crippen LogP contribution in [-0.2, 0) is 4.79 Å². The molecule has 1 rings (SSSR count). The Balaban J connectivity index is 2.62. The molecule has 0 aliphatic carbocycles. The van der Waals surface area contributed by atoms with Crippen LogP contribution in [0.1, 0.15) is 5.56 Å². The molecule has 0 aromatic heterocycles. The number of hydrogen-bond acceptors (Lipinski definition) is 2. The lowest BCUT2D eigenvalue weighted by Crippen LogP contribution is -2.11. The van der Waals surface area contributed by atoms with Gasteiger partial charge in [-0.2, -0.15) is 0 Å². The molecule has 0 saturated carbocycles. The van der Waals surface area contributed by atoms with Crippen LogP contribution in [0.3, 0.4) is 0 Å². The number of benzene rings is 1. The van der Waals surface area contributed by atoms with E-state index < -0.39 is 5.97 Å². The van der Waals surface area contributed by atoms with Gasteiger partial charge in [-0.1, -0.05) is 24.2 Å². The van der Waals surface area contributed by atoms with Crippen molar-refractivity contribution in [2.24, 2.45) is 0 Å². The largest absolute Gasteiger partial charge is 0.478 e. The summed E-state index contributed by atoms with van der Waals surface area (Å²) in [5.41, 5.74) is 1.89. The molecule has 0 spiro atoms. The van der Waals surface area contributed by atoms with Crippen LogP contribution >= 0.6 is 11.6 Å². The van der Waals surface area contributed by atoms with Gasteiger partial charge in [0.25, 0.3) is 0 Å². The number of anilines is 1. The molecule has 1 aromatic rings. The van der Waals surface area contributed by atoms with Crippen molar-refractivity contribution in [2.75, 3.05) is 11.9 Å². The molecule has 0 unspecified atom stereocenters. The highest BCUT2D eigenvalue weighted by molar-refractivity contribution is 6.31. The van der Waals surface area contributed by atoms with E-state index >= 15 is 0 Å². The number of carbonyl (C=O) groups is 1. The van der Waals surface area contributed by atoms with Gasteiger partial charge in [0.1, 0.15) is 0 Å². The summed E-state index contributed by atoms with van der Waals surface area (Å²) >= 11 is 5.91. The van der Waals surface area contributed by atoms with Crippen LogP contribution in [0.2, 0.25) is 5.02 Å². The number of nitrogens with one attached hydrogen (secondary N) is 1. The lowest BCUT2D eigenvalue weighted by molar-refractivity contribution is -0.132. The standard InChI is InChI=1S/C11H12ClNO2/c1-7-3-4-9(5-10(7)12)13-6-8(2)11(14)15/h3-5,13H,2,6H2,1H3,(H,14,15). The summed E-state index contributed by atoms with van der Waals surface area (Å²) in [6, 6.07) is 5.47. The Morgan fingerprint density at radius 1 is 1.60 bits per heavy atom. The van der Waals surface area contributed by atoms with Crippen molar-refractivity contribution in [3.05, 3.63) is 40.9 Å².